The predicted octanol–water partition coefficient (Wildman–Crippen LogP) is 4.84. The number of rotatable bonds is 9. The van der Waals surface area contributed by atoms with Crippen LogP contribution in [0.3, 0.4) is 0 Å². The van der Waals surface area contributed by atoms with E-state index in [2.05, 4.69) is 21.1 Å². The Morgan fingerprint density at radius 3 is 2.60 bits per heavy atom. The zero-order chi connectivity index (χ0) is 29.4. The molecule has 1 fully saturated rings. The molecule has 2 aromatic heterocycles. The number of aromatic nitrogens is 3. The van der Waals surface area contributed by atoms with Gasteiger partial charge in [-0.3, -0.25) is 9.40 Å². The Labute approximate surface area is 242 Å². The average molecular weight is 595 g/mol. The molecule has 1 saturated heterocycles. The second-order valence-corrected chi connectivity index (χ2v) is 12.4. The van der Waals surface area contributed by atoms with Gasteiger partial charge in [-0.25, -0.2) is 22.2 Å². The molecule has 1 aliphatic heterocycles. The van der Waals surface area contributed by atoms with Crippen LogP contribution in [0.15, 0.2) is 54.7 Å². The van der Waals surface area contributed by atoms with Gasteiger partial charge in [-0.2, -0.15) is 5.10 Å². The number of halogens is 2. The lowest BCUT2D eigenvalue weighted by molar-refractivity contribution is -0.0103. The molecule has 2 aliphatic rings. The highest BCUT2D eigenvalue weighted by Gasteiger charge is 2.26. The number of nitrogens with two attached hydrogens (primary N) is 1. The van der Waals surface area contributed by atoms with Gasteiger partial charge in [-0.05, 0) is 50.0 Å². The third-order valence-corrected chi connectivity index (χ3v) is 9.00. The summed E-state index contributed by atoms with van der Waals surface area (Å²) < 4.78 is 64.0. The van der Waals surface area contributed by atoms with E-state index in [1.54, 1.807) is 18.3 Å². The Balaban J connectivity index is 1.30. The summed E-state index contributed by atoms with van der Waals surface area (Å²) in [6.45, 7) is 4.05. The van der Waals surface area contributed by atoms with Crippen molar-refractivity contribution in [1.82, 2.24) is 20.1 Å². The molecule has 2 aromatic carbocycles. The molecule has 1 atom stereocenters. The van der Waals surface area contributed by atoms with Crippen molar-refractivity contribution in [2.75, 3.05) is 23.7 Å². The summed E-state index contributed by atoms with van der Waals surface area (Å²) in [6.07, 6.45) is 6.77. The van der Waals surface area contributed by atoms with Crippen LogP contribution < -0.4 is 15.8 Å². The van der Waals surface area contributed by atoms with Gasteiger partial charge in [0.05, 0.1) is 41.6 Å². The number of nitrogens with one attached hydrogen (secondary N) is 2. The second-order valence-electron chi connectivity index (χ2n) is 10.7. The first kappa shape index (κ1) is 28.3. The molecule has 4 N–H and O–H groups in total. The van der Waals surface area contributed by atoms with Crippen molar-refractivity contribution in [3.63, 3.8) is 0 Å². The average Bonchev–Trinajstić information content (AvgIpc) is 3.34. The molecule has 0 radical (unpaired) electrons. The maximum absolute atomic E-state index is 15.3. The quantitative estimate of drug-likeness (QED) is 0.253. The number of nitrogen functional groups attached to an aromatic ring is 1. The Hall–Kier alpha value is -3.87. The molecule has 4 aromatic rings. The van der Waals surface area contributed by atoms with E-state index in [0.29, 0.717) is 35.3 Å². The molecule has 6 rings (SSSR count). The number of pyridine rings is 1. The van der Waals surface area contributed by atoms with Crippen molar-refractivity contribution in [3.8, 4) is 11.3 Å². The van der Waals surface area contributed by atoms with Gasteiger partial charge in [0.1, 0.15) is 23.1 Å². The van der Waals surface area contributed by atoms with Gasteiger partial charge in [0.25, 0.3) is 0 Å². The first-order valence-corrected chi connectivity index (χ1v) is 15.6. The third kappa shape index (κ3) is 5.61. The van der Waals surface area contributed by atoms with Crippen LogP contribution in [0.25, 0.3) is 27.7 Å². The molecule has 0 bridgehead atoms. The van der Waals surface area contributed by atoms with E-state index in [-0.39, 0.29) is 17.1 Å². The molecule has 0 unspecified atom stereocenters. The molecule has 0 spiro atoms. The van der Waals surface area contributed by atoms with Gasteiger partial charge >= 0.3 is 0 Å². The van der Waals surface area contributed by atoms with Crippen molar-refractivity contribution < 1.29 is 21.9 Å². The van der Waals surface area contributed by atoms with Crippen LogP contribution in [-0.4, -0.2) is 48.5 Å². The summed E-state index contributed by atoms with van der Waals surface area (Å²) in [4.78, 5) is 4.48. The lowest BCUT2D eigenvalue weighted by atomic mass is 9.89. The van der Waals surface area contributed by atoms with Crippen LogP contribution in [-0.2, 0) is 27.1 Å². The number of ether oxygens (including phenoxy) is 1. The standard InChI is InChI=1S/C30H32F2N6O3S/c1-2-38-29-23(18-7-10-21(11-8-18)35-22-15-41-16-22)14-34-30(33)27(29)28(36-38)19-9-12-26(25(32)13-19)37-42(39,40)17-20-5-3-4-6-24(20)31/h3-7,9,12-14,21-22,35,37H,2,8,10-11,15-17H2,1H3,(H2,33,34)/t21-/m0/s1. The summed E-state index contributed by atoms with van der Waals surface area (Å²) in [5.41, 5.74) is 9.96. The van der Waals surface area contributed by atoms with Gasteiger partial charge in [-0.1, -0.05) is 30.3 Å². The maximum atomic E-state index is 15.3. The molecule has 0 amide bonds. The molecule has 42 heavy (non-hydrogen) atoms. The van der Waals surface area contributed by atoms with Crippen molar-refractivity contribution in [3.05, 3.63) is 77.5 Å². The van der Waals surface area contributed by atoms with E-state index < -0.39 is 27.4 Å². The summed E-state index contributed by atoms with van der Waals surface area (Å²) in [5.74, 6) is -1.79. The zero-order valence-electron chi connectivity index (χ0n) is 23.1. The smallest absolute Gasteiger partial charge is 0.237 e. The summed E-state index contributed by atoms with van der Waals surface area (Å²) in [6, 6.07) is 10.5. The van der Waals surface area contributed by atoms with Gasteiger partial charge in [0.2, 0.25) is 10.0 Å². The highest BCUT2D eigenvalue weighted by Crippen LogP contribution is 2.38. The van der Waals surface area contributed by atoms with Gasteiger partial charge < -0.3 is 15.8 Å². The van der Waals surface area contributed by atoms with E-state index in [4.69, 9.17) is 15.6 Å². The van der Waals surface area contributed by atoms with Crippen LogP contribution in [0.1, 0.15) is 37.3 Å². The molecule has 220 valence electrons. The number of sulfonamides is 1. The number of allylic oxidation sites excluding steroid dienone is 1. The molecule has 3 heterocycles. The fourth-order valence-electron chi connectivity index (χ4n) is 5.57. The number of aryl methyl sites for hydroxylation is 1. The predicted molar refractivity (Wildman–Crippen MR) is 159 cm³/mol. The van der Waals surface area contributed by atoms with Gasteiger partial charge in [-0.15, -0.1) is 0 Å². The summed E-state index contributed by atoms with van der Waals surface area (Å²) >= 11 is 0. The monoisotopic (exact) mass is 594 g/mol. The molecule has 12 heteroatoms. The summed E-state index contributed by atoms with van der Waals surface area (Å²) in [5, 5.41) is 9.04. The molecular weight excluding hydrogens is 562 g/mol. The lowest BCUT2D eigenvalue weighted by Crippen LogP contribution is -2.50. The van der Waals surface area contributed by atoms with Crippen molar-refractivity contribution in [2.24, 2.45) is 0 Å². The fourth-order valence-corrected chi connectivity index (χ4v) is 6.78. The Morgan fingerprint density at radius 1 is 1.12 bits per heavy atom. The topological polar surface area (TPSA) is 124 Å². The summed E-state index contributed by atoms with van der Waals surface area (Å²) in [7, 11) is -4.08. The largest absolute Gasteiger partial charge is 0.383 e. The van der Waals surface area contributed by atoms with E-state index in [0.717, 1.165) is 43.6 Å². The minimum atomic E-state index is -4.08. The Morgan fingerprint density at radius 2 is 1.93 bits per heavy atom. The molecule has 0 saturated carbocycles. The minimum absolute atomic E-state index is 0.00906. The SMILES string of the molecule is CCn1nc(-c2ccc(NS(=O)(=O)Cc3ccccc3F)c(F)c2)c2c(N)ncc(C3=CC[C@H](NC4COC4)CC3)c21. The number of anilines is 2. The lowest BCUT2D eigenvalue weighted by Gasteiger charge is -2.33. The van der Waals surface area contributed by atoms with E-state index >= 15 is 4.39 Å². The van der Waals surface area contributed by atoms with Crippen molar-refractivity contribution in [1.29, 1.82) is 0 Å². The number of fused-ring (bicyclic) bond motifs is 1. The highest BCUT2D eigenvalue weighted by atomic mass is 32.2. The molecule has 1 aliphatic carbocycles. The van der Waals surface area contributed by atoms with E-state index in [1.165, 1.54) is 35.9 Å². The van der Waals surface area contributed by atoms with E-state index in [9.17, 15) is 12.8 Å². The van der Waals surface area contributed by atoms with Crippen LogP contribution in [0.5, 0.6) is 0 Å². The van der Waals surface area contributed by atoms with Crippen molar-refractivity contribution >= 4 is 38.0 Å². The fraction of sp³-hybridized carbons (Fsp3) is 0.333. The molecule has 9 nitrogen and oxygen atoms in total. The second kappa shape index (κ2) is 11.4. The van der Waals surface area contributed by atoms with Crippen LogP contribution >= 0.6 is 0 Å². The normalized spacial score (nSPS) is 17.7. The third-order valence-electron chi connectivity index (χ3n) is 7.77. The van der Waals surface area contributed by atoms with Gasteiger partial charge in [0.15, 0.2) is 0 Å². The van der Waals surface area contributed by atoms with Gasteiger partial charge in [0, 0.05) is 35.5 Å². The minimum Gasteiger partial charge on any atom is -0.383 e. The number of hydrogen-bond acceptors (Lipinski definition) is 7. The Bertz CT molecular complexity index is 1790. The van der Waals surface area contributed by atoms with Crippen LogP contribution in [0.2, 0.25) is 0 Å². The first-order chi connectivity index (χ1) is 20.2. The van der Waals surface area contributed by atoms with Crippen molar-refractivity contribution in [2.45, 2.75) is 50.6 Å². The Kier molecular flexibility index (Phi) is 7.69. The van der Waals surface area contributed by atoms with E-state index in [1.807, 2.05) is 11.6 Å². The van der Waals surface area contributed by atoms with Crippen LogP contribution in [0.4, 0.5) is 20.3 Å². The highest BCUT2D eigenvalue weighted by molar-refractivity contribution is 7.91. The first-order valence-electron chi connectivity index (χ1n) is 13.9. The zero-order valence-corrected chi connectivity index (χ0v) is 23.9. The number of benzene rings is 2. The van der Waals surface area contributed by atoms with Crippen LogP contribution in [0, 0.1) is 11.6 Å². The number of nitrogens with zero attached hydrogens (tertiary/aromatic N) is 3. The number of hydrogen-bond donors (Lipinski definition) is 3. The maximum Gasteiger partial charge on any atom is 0.237 e. The molecular formula is C30H32F2N6O3S.